The van der Waals surface area contributed by atoms with Crippen molar-refractivity contribution in [2.75, 3.05) is 18.1 Å². The highest BCUT2D eigenvalue weighted by atomic mass is 35.5. The average Bonchev–Trinajstić information content (AvgIpc) is 3.07. The van der Waals surface area contributed by atoms with Gasteiger partial charge in [0.2, 0.25) is 5.91 Å². The van der Waals surface area contributed by atoms with Gasteiger partial charge < -0.3 is 9.64 Å². The first-order valence-corrected chi connectivity index (χ1v) is 8.63. The summed E-state index contributed by atoms with van der Waals surface area (Å²) in [6.07, 6.45) is 2.60. The molecule has 1 fully saturated rings. The summed E-state index contributed by atoms with van der Waals surface area (Å²) in [5.74, 6) is -0.998. The van der Waals surface area contributed by atoms with Gasteiger partial charge in [-0.3, -0.25) is 9.59 Å². The van der Waals surface area contributed by atoms with Crippen LogP contribution in [-0.2, 0) is 9.53 Å². The summed E-state index contributed by atoms with van der Waals surface area (Å²) in [6.45, 7) is 0.266. The molecule has 0 spiro atoms. The van der Waals surface area contributed by atoms with Crippen LogP contribution < -0.4 is 4.90 Å². The molecule has 0 aliphatic carbocycles. The number of carbonyl (C=O) groups is 3. The van der Waals surface area contributed by atoms with Crippen molar-refractivity contribution in [3.8, 4) is 0 Å². The van der Waals surface area contributed by atoms with E-state index in [9.17, 15) is 14.4 Å². The van der Waals surface area contributed by atoms with Crippen molar-refractivity contribution < 1.29 is 19.1 Å². The number of ether oxygens (including phenoxy) is 1. The lowest BCUT2D eigenvalue weighted by Crippen LogP contribution is -2.23. The van der Waals surface area contributed by atoms with Crippen molar-refractivity contribution >= 4 is 46.5 Å². The second-order valence-corrected chi connectivity index (χ2v) is 6.46. The summed E-state index contributed by atoms with van der Waals surface area (Å²) >= 11 is 11.5. The van der Waals surface area contributed by atoms with Gasteiger partial charge in [-0.05, 0) is 36.8 Å². The number of pyridine rings is 1. The lowest BCUT2D eigenvalue weighted by Gasteiger charge is -2.15. The van der Waals surface area contributed by atoms with Crippen LogP contribution in [0.15, 0.2) is 36.5 Å². The first-order chi connectivity index (χ1) is 12.5. The molecule has 8 heteroatoms. The summed E-state index contributed by atoms with van der Waals surface area (Å²) in [7, 11) is 0. The minimum atomic E-state index is -0.719. The topological polar surface area (TPSA) is 76.6 Å². The van der Waals surface area contributed by atoms with Crippen LogP contribution in [0.1, 0.15) is 33.6 Å². The van der Waals surface area contributed by atoms with Gasteiger partial charge in [0.1, 0.15) is 5.15 Å². The molecule has 3 rings (SSSR count). The fraction of sp³-hybridized carbons (Fsp3) is 0.222. The molecule has 6 nitrogen and oxygen atoms in total. The number of hydrogen-bond acceptors (Lipinski definition) is 5. The number of hydrogen-bond donors (Lipinski definition) is 0. The Bertz CT molecular complexity index is 868. The van der Waals surface area contributed by atoms with E-state index >= 15 is 0 Å². The number of nitrogens with zero attached hydrogens (tertiary/aromatic N) is 2. The Balaban J connectivity index is 1.60. The van der Waals surface area contributed by atoms with Crippen molar-refractivity contribution in [2.45, 2.75) is 12.8 Å². The zero-order valence-corrected chi connectivity index (χ0v) is 15.1. The van der Waals surface area contributed by atoms with Crippen LogP contribution in [0.25, 0.3) is 0 Å². The van der Waals surface area contributed by atoms with Gasteiger partial charge in [-0.2, -0.15) is 0 Å². The Kier molecular flexibility index (Phi) is 5.54. The van der Waals surface area contributed by atoms with Crippen molar-refractivity contribution in [2.24, 2.45) is 0 Å². The molecule has 1 aromatic heterocycles. The largest absolute Gasteiger partial charge is 0.454 e. The monoisotopic (exact) mass is 392 g/mol. The third-order valence-corrected chi connectivity index (χ3v) is 4.63. The van der Waals surface area contributed by atoms with Crippen molar-refractivity contribution in [1.29, 1.82) is 0 Å². The van der Waals surface area contributed by atoms with Crippen LogP contribution in [0, 0.1) is 0 Å². The Labute approximate surface area is 159 Å². The van der Waals surface area contributed by atoms with Crippen molar-refractivity contribution in [3.05, 3.63) is 57.8 Å². The highest BCUT2D eigenvalue weighted by Gasteiger charge is 2.22. The van der Waals surface area contributed by atoms with Crippen LogP contribution in [-0.4, -0.2) is 35.8 Å². The Hall–Kier alpha value is -2.44. The molecular weight excluding hydrogens is 379 g/mol. The molecule has 2 heterocycles. The van der Waals surface area contributed by atoms with E-state index in [0.29, 0.717) is 18.5 Å². The van der Waals surface area contributed by atoms with Crippen LogP contribution >= 0.6 is 23.2 Å². The van der Waals surface area contributed by atoms with Crippen LogP contribution in [0.4, 0.5) is 5.69 Å². The van der Waals surface area contributed by atoms with Gasteiger partial charge in [-0.25, -0.2) is 9.78 Å². The van der Waals surface area contributed by atoms with Crippen LogP contribution in [0.5, 0.6) is 0 Å². The van der Waals surface area contributed by atoms with Gasteiger partial charge in [-0.15, -0.1) is 0 Å². The minimum absolute atomic E-state index is 0.0771. The molecule has 0 unspecified atom stereocenters. The molecule has 1 amide bonds. The normalized spacial score (nSPS) is 13.8. The van der Waals surface area contributed by atoms with E-state index in [1.807, 2.05) is 0 Å². The van der Waals surface area contributed by atoms with E-state index in [2.05, 4.69) is 4.98 Å². The highest BCUT2D eigenvalue weighted by molar-refractivity contribution is 6.41. The predicted octanol–water partition coefficient (Wildman–Crippen LogP) is 3.55. The zero-order valence-electron chi connectivity index (χ0n) is 13.6. The molecule has 134 valence electrons. The van der Waals surface area contributed by atoms with E-state index in [0.717, 1.165) is 12.1 Å². The van der Waals surface area contributed by atoms with E-state index in [1.54, 1.807) is 29.2 Å². The van der Waals surface area contributed by atoms with Gasteiger partial charge in [0.25, 0.3) is 0 Å². The van der Waals surface area contributed by atoms with Crippen molar-refractivity contribution in [3.63, 3.8) is 0 Å². The first kappa shape index (κ1) is 18.4. The fourth-order valence-electron chi connectivity index (χ4n) is 2.58. The van der Waals surface area contributed by atoms with Gasteiger partial charge in [-0.1, -0.05) is 23.2 Å². The Morgan fingerprint density at radius 1 is 1.15 bits per heavy atom. The number of rotatable bonds is 5. The number of benzene rings is 1. The molecule has 1 aromatic carbocycles. The Morgan fingerprint density at radius 2 is 1.88 bits per heavy atom. The summed E-state index contributed by atoms with van der Waals surface area (Å²) in [6, 6.07) is 7.96. The molecule has 0 radical (unpaired) electrons. The SMILES string of the molecule is O=C(COC(=O)c1cnc(Cl)c(Cl)c1)c1ccc(N2CCCC2=O)cc1. The minimum Gasteiger partial charge on any atom is -0.454 e. The van der Waals surface area contributed by atoms with E-state index in [-0.39, 0.29) is 27.4 Å². The zero-order chi connectivity index (χ0) is 18.7. The lowest BCUT2D eigenvalue weighted by molar-refractivity contribution is -0.117. The quantitative estimate of drug-likeness (QED) is 0.441. The second kappa shape index (κ2) is 7.85. The van der Waals surface area contributed by atoms with Gasteiger partial charge in [0.05, 0.1) is 10.6 Å². The molecule has 1 aliphatic rings. The van der Waals surface area contributed by atoms with Crippen LogP contribution in [0.3, 0.4) is 0 Å². The molecule has 0 bridgehead atoms. The molecule has 1 saturated heterocycles. The van der Waals surface area contributed by atoms with Gasteiger partial charge in [0.15, 0.2) is 12.4 Å². The van der Waals surface area contributed by atoms with Crippen LogP contribution in [0.2, 0.25) is 10.2 Å². The first-order valence-electron chi connectivity index (χ1n) is 7.87. The second-order valence-electron chi connectivity index (χ2n) is 5.69. The van der Waals surface area contributed by atoms with Gasteiger partial charge in [0, 0.05) is 30.4 Å². The number of halogens is 2. The number of aromatic nitrogens is 1. The van der Waals surface area contributed by atoms with Gasteiger partial charge >= 0.3 is 5.97 Å². The highest BCUT2D eigenvalue weighted by Crippen LogP contribution is 2.22. The maximum atomic E-state index is 12.2. The molecule has 0 saturated carbocycles. The summed E-state index contributed by atoms with van der Waals surface area (Å²) in [5.41, 5.74) is 1.25. The maximum Gasteiger partial charge on any atom is 0.340 e. The van der Waals surface area contributed by atoms with E-state index in [1.165, 1.54) is 12.3 Å². The number of carbonyl (C=O) groups excluding carboxylic acids is 3. The summed E-state index contributed by atoms with van der Waals surface area (Å²) in [4.78, 5) is 41.3. The molecule has 0 atom stereocenters. The van der Waals surface area contributed by atoms with Crippen molar-refractivity contribution in [1.82, 2.24) is 4.98 Å². The number of esters is 1. The molecule has 2 aromatic rings. The third kappa shape index (κ3) is 4.03. The molecule has 1 aliphatic heterocycles. The Morgan fingerprint density at radius 3 is 2.50 bits per heavy atom. The maximum absolute atomic E-state index is 12.2. The molecule has 0 N–H and O–H groups in total. The van der Waals surface area contributed by atoms with E-state index < -0.39 is 12.6 Å². The lowest BCUT2D eigenvalue weighted by atomic mass is 10.1. The smallest absolute Gasteiger partial charge is 0.340 e. The fourth-order valence-corrected chi connectivity index (χ4v) is 2.85. The molecule has 26 heavy (non-hydrogen) atoms. The van der Waals surface area contributed by atoms with E-state index in [4.69, 9.17) is 27.9 Å². The average molecular weight is 393 g/mol. The molecular formula is C18H14Cl2N2O4. The predicted molar refractivity (Wildman–Crippen MR) is 96.9 cm³/mol. The number of amides is 1. The summed E-state index contributed by atoms with van der Waals surface area (Å²) < 4.78 is 4.99. The summed E-state index contributed by atoms with van der Waals surface area (Å²) in [5, 5.41) is 0.204. The third-order valence-electron chi connectivity index (χ3n) is 3.94. The number of Topliss-reactive ketones (excluding diaryl/α,β-unsaturated/α-hetero) is 1. The number of ketones is 1. The number of anilines is 1. The standard InChI is InChI=1S/C18H14Cl2N2O4/c19-14-8-12(9-21-17(14)20)18(25)26-10-15(23)11-3-5-13(6-4-11)22-7-1-2-16(22)24/h3-6,8-9H,1-2,7,10H2.